The highest BCUT2D eigenvalue weighted by atomic mass is 32.1. The number of carbonyl (C=O) groups excluding carboxylic acids is 2. The van der Waals surface area contributed by atoms with Crippen molar-refractivity contribution in [3.8, 4) is 0 Å². The molecular weight excluding hydrogens is 382 g/mol. The van der Waals surface area contributed by atoms with Gasteiger partial charge >= 0.3 is 5.97 Å². The summed E-state index contributed by atoms with van der Waals surface area (Å²) in [6.07, 6.45) is 1.08. The number of hydrogen-bond acceptors (Lipinski definition) is 4. The third-order valence-electron chi connectivity index (χ3n) is 5.29. The lowest BCUT2D eigenvalue weighted by atomic mass is 9.89. The average molecular weight is 406 g/mol. The lowest BCUT2D eigenvalue weighted by molar-refractivity contribution is -0.152. The second-order valence-corrected chi connectivity index (χ2v) is 8.17. The Bertz CT molecular complexity index is 929. The van der Waals surface area contributed by atoms with Crippen LogP contribution in [0, 0.1) is 0 Å². The summed E-state index contributed by atoms with van der Waals surface area (Å²) in [5.41, 5.74) is 3.32. The summed E-state index contributed by atoms with van der Waals surface area (Å²) in [6.45, 7) is 1.08. The molecule has 0 saturated carbocycles. The standard InChI is InChI=1S/C24H23NO3S/c26-23(25-13-11-22-20(16-25)12-14-29-22)17-28-24(27)15-21(18-7-3-1-4-8-18)19-9-5-2-6-10-19/h1-10,12,14,21H,11,13,15-17H2. The van der Waals surface area contributed by atoms with Gasteiger partial charge in [0, 0.05) is 23.9 Å². The molecule has 29 heavy (non-hydrogen) atoms. The number of carbonyl (C=O) groups is 2. The van der Waals surface area contributed by atoms with Gasteiger partial charge < -0.3 is 9.64 Å². The molecule has 4 nitrogen and oxygen atoms in total. The molecule has 0 aliphatic carbocycles. The first kappa shape index (κ1) is 19.4. The van der Waals surface area contributed by atoms with Gasteiger partial charge in [-0.05, 0) is 34.6 Å². The van der Waals surface area contributed by atoms with Crippen LogP contribution in [0.1, 0.15) is 33.9 Å². The maximum Gasteiger partial charge on any atom is 0.307 e. The zero-order valence-electron chi connectivity index (χ0n) is 16.1. The number of thiophene rings is 1. The van der Waals surface area contributed by atoms with E-state index in [1.165, 1.54) is 10.4 Å². The van der Waals surface area contributed by atoms with Crippen molar-refractivity contribution in [2.75, 3.05) is 13.2 Å². The molecule has 148 valence electrons. The SMILES string of the molecule is O=C(CC(c1ccccc1)c1ccccc1)OCC(=O)N1CCc2sccc2C1. The van der Waals surface area contributed by atoms with Gasteiger partial charge in [-0.2, -0.15) is 0 Å². The van der Waals surface area contributed by atoms with E-state index in [9.17, 15) is 9.59 Å². The van der Waals surface area contributed by atoms with Crippen molar-refractivity contribution in [3.05, 3.63) is 93.7 Å². The number of ether oxygens (including phenoxy) is 1. The number of hydrogen-bond donors (Lipinski definition) is 0. The minimum absolute atomic E-state index is 0.0941. The van der Waals surface area contributed by atoms with Crippen molar-refractivity contribution in [2.45, 2.75) is 25.3 Å². The molecule has 0 saturated heterocycles. The topological polar surface area (TPSA) is 46.6 Å². The molecule has 4 rings (SSSR count). The molecule has 0 fully saturated rings. The lowest BCUT2D eigenvalue weighted by Crippen LogP contribution is -2.38. The van der Waals surface area contributed by atoms with Gasteiger partial charge in [0.1, 0.15) is 0 Å². The molecule has 0 bridgehead atoms. The lowest BCUT2D eigenvalue weighted by Gasteiger charge is -2.27. The van der Waals surface area contributed by atoms with Crippen LogP contribution in [0.5, 0.6) is 0 Å². The molecular formula is C24H23NO3S. The van der Waals surface area contributed by atoms with Gasteiger partial charge in [0.05, 0.1) is 6.42 Å². The van der Waals surface area contributed by atoms with E-state index in [4.69, 9.17) is 4.74 Å². The van der Waals surface area contributed by atoms with Crippen LogP contribution >= 0.6 is 11.3 Å². The van der Waals surface area contributed by atoms with Crippen molar-refractivity contribution in [3.63, 3.8) is 0 Å². The molecule has 1 aromatic heterocycles. The van der Waals surface area contributed by atoms with Gasteiger partial charge in [0.15, 0.2) is 6.61 Å². The van der Waals surface area contributed by atoms with Crippen LogP contribution in [-0.4, -0.2) is 29.9 Å². The van der Waals surface area contributed by atoms with E-state index < -0.39 is 0 Å². The Morgan fingerprint density at radius 1 is 0.966 bits per heavy atom. The monoisotopic (exact) mass is 405 g/mol. The number of benzene rings is 2. The number of nitrogens with zero attached hydrogens (tertiary/aromatic N) is 1. The molecule has 0 spiro atoms. The summed E-state index contributed by atoms with van der Waals surface area (Å²) in [5.74, 6) is -0.584. The summed E-state index contributed by atoms with van der Waals surface area (Å²) in [5, 5.41) is 2.06. The van der Waals surface area contributed by atoms with E-state index in [1.54, 1.807) is 16.2 Å². The first-order valence-electron chi connectivity index (χ1n) is 9.79. The molecule has 3 aromatic rings. The average Bonchev–Trinajstić information content (AvgIpc) is 3.25. The summed E-state index contributed by atoms with van der Waals surface area (Å²) in [6, 6.07) is 21.9. The summed E-state index contributed by atoms with van der Waals surface area (Å²) in [4.78, 5) is 28.2. The molecule has 0 radical (unpaired) electrons. The largest absolute Gasteiger partial charge is 0.456 e. The van der Waals surface area contributed by atoms with Crippen LogP contribution in [0.15, 0.2) is 72.1 Å². The summed E-state index contributed by atoms with van der Waals surface area (Å²) in [7, 11) is 0. The predicted molar refractivity (Wildman–Crippen MR) is 114 cm³/mol. The zero-order valence-corrected chi connectivity index (χ0v) is 16.9. The van der Waals surface area contributed by atoms with Crippen LogP contribution in [0.25, 0.3) is 0 Å². The van der Waals surface area contributed by atoms with Gasteiger partial charge in [-0.25, -0.2) is 0 Å². The van der Waals surface area contributed by atoms with Gasteiger partial charge in [-0.1, -0.05) is 60.7 Å². The molecule has 0 unspecified atom stereocenters. The summed E-state index contributed by atoms with van der Waals surface area (Å²) < 4.78 is 5.37. The fourth-order valence-corrected chi connectivity index (χ4v) is 4.61. The zero-order chi connectivity index (χ0) is 20.1. The van der Waals surface area contributed by atoms with E-state index >= 15 is 0 Å². The highest BCUT2D eigenvalue weighted by Crippen LogP contribution is 2.28. The number of rotatable bonds is 6. The van der Waals surface area contributed by atoms with Crippen LogP contribution in [0.3, 0.4) is 0 Å². The molecule has 0 atom stereocenters. The smallest absolute Gasteiger partial charge is 0.307 e. The first-order valence-corrected chi connectivity index (χ1v) is 10.7. The van der Waals surface area contributed by atoms with Gasteiger partial charge in [0.2, 0.25) is 0 Å². The minimum Gasteiger partial charge on any atom is -0.456 e. The molecule has 2 heterocycles. The minimum atomic E-state index is -0.357. The van der Waals surface area contributed by atoms with Crippen molar-refractivity contribution in [1.29, 1.82) is 0 Å². The fourth-order valence-electron chi connectivity index (χ4n) is 3.72. The van der Waals surface area contributed by atoms with E-state index in [-0.39, 0.29) is 30.8 Å². The van der Waals surface area contributed by atoms with Crippen molar-refractivity contribution < 1.29 is 14.3 Å². The Kier molecular flexibility index (Phi) is 6.06. The van der Waals surface area contributed by atoms with Crippen LogP contribution in [0.4, 0.5) is 0 Å². The van der Waals surface area contributed by atoms with E-state index in [1.807, 2.05) is 60.7 Å². The van der Waals surface area contributed by atoms with Gasteiger partial charge in [-0.15, -0.1) is 11.3 Å². The second kappa shape index (κ2) is 9.05. The molecule has 1 aliphatic rings. The van der Waals surface area contributed by atoms with Gasteiger partial charge in [0.25, 0.3) is 5.91 Å². The number of esters is 1. The Morgan fingerprint density at radius 3 is 2.28 bits per heavy atom. The molecule has 2 aromatic carbocycles. The third kappa shape index (κ3) is 4.74. The Morgan fingerprint density at radius 2 is 1.62 bits per heavy atom. The normalized spacial score (nSPS) is 13.2. The van der Waals surface area contributed by atoms with Crippen molar-refractivity contribution in [1.82, 2.24) is 4.90 Å². The van der Waals surface area contributed by atoms with Crippen LogP contribution in [-0.2, 0) is 27.3 Å². The van der Waals surface area contributed by atoms with Gasteiger partial charge in [-0.3, -0.25) is 9.59 Å². The maximum atomic E-state index is 12.6. The fraction of sp³-hybridized carbons (Fsp3) is 0.250. The van der Waals surface area contributed by atoms with E-state index in [0.717, 1.165) is 17.5 Å². The second-order valence-electron chi connectivity index (χ2n) is 7.17. The van der Waals surface area contributed by atoms with Crippen LogP contribution < -0.4 is 0 Å². The Labute approximate surface area is 174 Å². The quantitative estimate of drug-likeness (QED) is 0.571. The third-order valence-corrected chi connectivity index (χ3v) is 6.31. The molecule has 1 amide bonds. The highest BCUT2D eigenvalue weighted by Gasteiger charge is 2.24. The maximum absolute atomic E-state index is 12.6. The van der Waals surface area contributed by atoms with Crippen molar-refractivity contribution >= 4 is 23.2 Å². The molecule has 0 N–H and O–H groups in total. The predicted octanol–water partition coefficient (Wildman–Crippen LogP) is 4.40. The molecule has 5 heteroatoms. The van der Waals surface area contributed by atoms with Crippen molar-refractivity contribution in [2.24, 2.45) is 0 Å². The van der Waals surface area contributed by atoms with E-state index in [0.29, 0.717) is 13.1 Å². The Hall–Kier alpha value is -2.92. The highest BCUT2D eigenvalue weighted by molar-refractivity contribution is 7.10. The Balaban J connectivity index is 1.37. The summed E-state index contributed by atoms with van der Waals surface area (Å²) >= 11 is 1.74. The van der Waals surface area contributed by atoms with E-state index in [2.05, 4.69) is 11.4 Å². The number of amides is 1. The first-order chi connectivity index (χ1) is 14.2. The van der Waals surface area contributed by atoms with Crippen LogP contribution in [0.2, 0.25) is 0 Å². The number of fused-ring (bicyclic) bond motifs is 1. The molecule has 1 aliphatic heterocycles.